The summed E-state index contributed by atoms with van der Waals surface area (Å²) in [6.45, 7) is 0.986. The lowest BCUT2D eigenvalue weighted by Crippen LogP contribution is -2.38. The normalized spacial score (nSPS) is 16.8. The van der Waals surface area contributed by atoms with Gasteiger partial charge in [-0.1, -0.05) is 0 Å². The zero-order chi connectivity index (χ0) is 20.4. The summed E-state index contributed by atoms with van der Waals surface area (Å²) in [5.41, 5.74) is -0.0793. The van der Waals surface area contributed by atoms with E-state index < -0.39 is 23.3 Å². The van der Waals surface area contributed by atoms with Gasteiger partial charge in [0, 0.05) is 37.7 Å². The summed E-state index contributed by atoms with van der Waals surface area (Å²) in [5, 5.41) is 2.67. The maximum absolute atomic E-state index is 13.1. The van der Waals surface area contributed by atoms with E-state index in [-0.39, 0.29) is 6.04 Å². The van der Waals surface area contributed by atoms with E-state index in [0.717, 1.165) is 23.7 Å². The summed E-state index contributed by atoms with van der Waals surface area (Å²) in [6, 6.07) is 7.66. The molecule has 1 aliphatic rings. The average molecular weight is 402 g/mol. The third-order valence-corrected chi connectivity index (χ3v) is 4.64. The molecule has 7 nitrogen and oxygen atoms in total. The summed E-state index contributed by atoms with van der Waals surface area (Å²) in [4.78, 5) is 29.5. The number of amides is 1. The van der Waals surface area contributed by atoms with Crippen LogP contribution in [0.25, 0.3) is 11.4 Å². The Morgan fingerprint density at radius 2 is 2.03 bits per heavy atom. The number of pyridine rings is 1. The highest BCUT2D eigenvalue weighted by Gasteiger charge is 2.37. The lowest BCUT2D eigenvalue weighted by atomic mass is 10.1. The van der Waals surface area contributed by atoms with Crippen LogP contribution in [0, 0.1) is 0 Å². The molecule has 0 aromatic carbocycles. The molecule has 0 spiro atoms. The number of carbonyl (C=O) groups is 1. The maximum Gasteiger partial charge on any atom is 0.434 e. The average Bonchev–Trinajstić information content (AvgIpc) is 3.40. The highest BCUT2D eigenvalue weighted by molar-refractivity contribution is 5.95. The first-order valence-corrected chi connectivity index (χ1v) is 8.96. The van der Waals surface area contributed by atoms with Gasteiger partial charge in [0.1, 0.15) is 0 Å². The molecule has 1 unspecified atom stereocenters. The van der Waals surface area contributed by atoms with Gasteiger partial charge in [-0.3, -0.25) is 9.78 Å². The minimum atomic E-state index is -4.69. The van der Waals surface area contributed by atoms with Crippen molar-refractivity contribution in [1.29, 1.82) is 0 Å². The number of hydrogen-bond donors (Lipinski definition) is 2. The zero-order valence-electron chi connectivity index (χ0n) is 15.1. The maximum atomic E-state index is 13.1. The summed E-state index contributed by atoms with van der Waals surface area (Å²) in [5.74, 6) is -0.287. The van der Waals surface area contributed by atoms with Crippen LogP contribution in [0.1, 0.15) is 22.5 Å². The van der Waals surface area contributed by atoms with E-state index in [0.29, 0.717) is 25.5 Å². The van der Waals surface area contributed by atoms with Crippen LogP contribution >= 0.6 is 0 Å². The van der Waals surface area contributed by atoms with Gasteiger partial charge < -0.3 is 15.2 Å². The van der Waals surface area contributed by atoms with Gasteiger partial charge in [0.05, 0.1) is 17.0 Å². The molecule has 150 valence electrons. The highest BCUT2D eigenvalue weighted by atomic mass is 19.4. The fraction of sp³-hybridized carbons (Fsp3) is 0.263. The van der Waals surface area contributed by atoms with Gasteiger partial charge in [0.25, 0.3) is 5.91 Å². The minimum absolute atomic E-state index is 0.318. The van der Waals surface area contributed by atoms with Gasteiger partial charge in [-0.15, -0.1) is 0 Å². The SMILES string of the molecule is O=C(NC1CCN(c2nccc(-c3ccc[nH]3)n2)C1)c1cccnc1C(F)(F)F. The summed E-state index contributed by atoms with van der Waals surface area (Å²) in [6.07, 6.45) is 0.346. The lowest BCUT2D eigenvalue weighted by molar-refractivity contribution is -0.141. The van der Waals surface area contributed by atoms with E-state index >= 15 is 0 Å². The Morgan fingerprint density at radius 3 is 2.79 bits per heavy atom. The standard InChI is InChI=1S/C19H17F3N6O/c20-19(21,22)16-13(3-1-8-24-16)17(29)26-12-6-10-28(11-12)18-25-9-5-15(27-18)14-4-2-7-23-14/h1-5,7-9,12,23H,6,10-11H2,(H,26,29). The molecular formula is C19H17F3N6O. The molecule has 1 fully saturated rings. The molecule has 4 rings (SSSR count). The number of halogens is 3. The number of nitrogens with one attached hydrogen (secondary N) is 2. The smallest absolute Gasteiger partial charge is 0.360 e. The summed E-state index contributed by atoms with van der Waals surface area (Å²) in [7, 11) is 0. The molecule has 1 saturated heterocycles. The van der Waals surface area contributed by atoms with Crippen LogP contribution in [0.4, 0.5) is 19.1 Å². The van der Waals surface area contributed by atoms with Crippen LogP contribution in [0.15, 0.2) is 48.9 Å². The second kappa shape index (κ2) is 7.53. The van der Waals surface area contributed by atoms with Crippen molar-refractivity contribution in [3.63, 3.8) is 0 Å². The van der Waals surface area contributed by atoms with Gasteiger partial charge in [-0.25, -0.2) is 9.97 Å². The molecule has 29 heavy (non-hydrogen) atoms. The van der Waals surface area contributed by atoms with Gasteiger partial charge in [0.2, 0.25) is 5.95 Å². The predicted octanol–water partition coefficient (Wildman–Crippen LogP) is 2.89. The van der Waals surface area contributed by atoms with Gasteiger partial charge in [0.15, 0.2) is 5.69 Å². The van der Waals surface area contributed by atoms with Crippen molar-refractivity contribution in [3.05, 3.63) is 60.2 Å². The van der Waals surface area contributed by atoms with Gasteiger partial charge in [-0.2, -0.15) is 13.2 Å². The van der Waals surface area contributed by atoms with Crippen molar-refractivity contribution in [2.45, 2.75) is 18.6 Å². The topological polar surface area (TPSA) is 86.8 Å². The summed E-state index contributed by atoms with van der Waals surface area (Å²) >= 11 is 0. The van der Waals surface area contributed by atoms with Gasteiger partial charge >= 0.3 is 6.18 Å². The first kappa shape index (κ1) is 18.9. The van der Waals surface area contributed by atoms with E-state index in [1.54, 1.807) is 18.5 Å². The number of carbonyl (C=O) groups excluding carboxylic acids is 1. The van der Waals surface area contributed by atoms with Crippen molar-refractivity contribution in [1.82, 2.24) is 25.3 Å². The number of anilines is 1. The number of aromatic nitrogens is 4. The third-order valence-electron chi connectivity index (χ3n) is 4.64. The Hall–Kier alpha value is -3.43. The quantitative estimate of drug-likeness (QED) is 0.701. The minimum Gasteiger partial charge on any atom is -0.360 e. The van der Waals surface area contributed by atoms with E-state index in [1.807, 2.05) is 17.0 Å². The van der Waals surface area contributed by atoms with Crippen LogP contribution < -0.4 is 10.2 Å². The van der Waals surface area contributed by atoms with E-state index in [2.05, 4.69) is 25.3 Å². The zero-order valence-corrected chi connectivity index (χ0v) is 15.1. The number of nitrogens with zero attached hydrogens (tertiary/aromatic N) is 4. The molecule has 1 amide bonds. The number of H-pyrrole nitrogens is 1. The first-order chi connectivity index (χ1) is 13.9. The Bertz CT molecular complexity index is 1010. The second-order valence-electron chi connectivity index (χ2n) is 6.63. The van der Waals surface area contributed by atoms with Crippen LogP contribution in [-0.4, -0.2) is 45.0 Å². The van der Waals surface area contributed by atoms with E-state index in [4.69, 9.17) is 0 Å². The highest BCUT2D eigenvalue weighted by Crippen LogP contribution is 2.30. The van der Waals surface area contributed by atoms with E-state index in [9.17, 15) is 18.0 Å². The monoisotopic (exact) mass is 402 g/mol. The Kier molecular flexibility index (Phi) is 4.91. The van der Waals surface area contributed by atoms with Crippen molar-refractivity contribution >= 4 is 11.9 Å². The molecule has 1 aliphatic heterocycles. The second-order valence-corrected chi connectivity index (χ2v) is 6.63. The fourth-order valence-electron chi connectivity index (χ4n) is 3.28. The van der Waals surface area contributed by atoms with Crippen molar-refractivity contribution in [3.8, 4) is 11.4 Å². The van der Waals surface area contributed by atoms with Crippen LogP contribution in [0.5, 0.6) is 0 Å². The Labute approximate surface area is 164 Å². The molecule has 0 bridgehead atoms. The molecule has 0 saturated carbocycles. The summed E-state index contributed by atoms with van der Waals surface area (Å²) < 4.78 is 39.3. The third kappa shape index (κ3) is 4.05. The molecule has 0 aliphatic carbocycles. The lowest BCUT2D eigenvalue weighted by Gasteiger charge is -2.18. The van der Waals surface area contributed by atoms with Crippen LogP contribution in [-0.2, 0) is 6.18 Å². The molecule has 3 aromatic rings. The molecule has 1 atom stereocenters. The van der Waals surface area contributed by atoms with Crippen LogP contribution in [0.2, 0.25) is 0 Å². The molecule has 2 N–H and O–H groups in total. The van der Waals surface area contributed by atoms with Gasteiger partial charge in [-0.05, 0) is 36.8 Å². The largest absolute Gasteiger partial charge is 0.434 e. The molecular weight excluding hydrogens is 385 g/mol. The fourth-order valence-corrected chi connectivity index (χ4v) is 3.28. The van der Waals surface area contributed by atoms with Crippen LogP contribution in [0.3, 0.4) is 0 Å². The van der Waals surface area contributed by atoms with Crippen molar-refractivity contribution in [2.75, 3.05) is 18.0 Å². The Morgan fingerprint density at radius 1 is 1.17 bits per heavy atom. The molecule has 3 aromatic heterocycles. The number of alkyl halides is 3. The predicted molar refractivity (Wildman–Crippen MR) is 99.1 cm³/mol. The van der Waals surface area contributed by atoms with Crippen molar-refractivity contribution < 1.29 is 18.0 Å². The van der Waals surface area contributed by atoms with Crippen molar-refractivity contribution in [2.24, 2.45) is 0 Å². The number of rotatable bonds is 4. The Balaban J connectivity index is 1.45. The number of aromatic amines is 1. The van der Waals surface area contributed by atoms with E-state index in [1.165, 1.54) is 6.07 Å². The molecule has 4 heterocycles. The molecule has 10 heteroatoms. The first-order valence-electron chi connectivity index (χ1n) is 8.96. The number of hydrogen-bond acceptors (Lipinski definition) is 5. The molecule has 0 radical (unpaired) electrons.